The summed E-state index contributed by atoms with van der Waals surface area (Å²) in [6, 6.07) is 1.37. The van der Waals surface area contributed by atoms with Crippen molar-refractivity contribution < 1.29 is 13.7 Å². The quantitative estimate of drug-likeness (QED) is 0.576. The van der Waals surface area contributed by atoms with E-state index >= 15 is 0 Å². The number of halogens is 2. The van der Waals surface area contributed by atoms with Crippen molar-refractivity contribution >= 4 is 17.9 Å². The zero-order chi connectivity index (χ0) is 10.9. The number of nitrogens with zero attached hydrogens (tertiary/aromatic N) is 1. The highest BCUT2D eigenvalue weighted by molar-refractivity contribution is 6.25. The maximum absolute atomic E-state index is 13.8. The van der Waals surface area contributed by atoms with Crippen molar-refractivity contribution in [2.24, 2.45) is 0 Å². The van der Waals surface area contributed by atoms with Crippen LogP contribution in [0.25, 0.3) is 0 Å². The van der Waals surface area contributed by atoms with Gasteiger partial charge in [0.25, 0.3) is 0 Å². The molecule has 2 unspecified atom stereocenters. The van der Waals surface area contributed by atoms with Gasteiger partial charge in [0.2, 0.25) is 5.13 Å². The van der Waals surface area contributed by atoms with Gasteiger partial charge in [-0.05, 0) is 6.08 Å². The van der Waals surface area contributed by atoms with Gasteiger partial charge in [-0.15, -0.1) is 0 Å². The average molecular weight is 228 g/mol. The molecule has 2 rings (SSSR count). The van der Waals surface area contributed by atoms with Crippen molar-refractivity contribution in [1.29, 1.82) is 0 Å². The van der Waals surface area contributed by atoms with Crippen LogP contribution in [0.2, 0.25) is 0 Å². The number of aromatic nitrogens is 1. The van der Waals surface area contributed by atoms with Crippen molar-refractivity contribution in [3.8, 4) is 0 Å². The molecule has 2 atom stereocenters. The summed E-state index contributed by atoms with van der Waals surface area (Å²) in [5.74, 6) is -0.527. The molecule has 1 aromatic rings. The van der Waals surface area contributed by atoms with Crippen LogP contribution in [0.5, 0.6) is 0 Å². The lowest BCUT2D eigenvalue weighted by Gasteiger charge is -2.22. The molecule has 1 heterocycles. The summed E-state index contributed by atoms with van der Waals surface area (Å²) in [6.07, 6.45) is 6.49. The first-order chi connectivity index (χ1) is 7.13. The van der Waals surface area contributed by atoms with Crippen LogP contribution in [0.15, 0.2) is 34.9 Å². The van der Waals surface area contributed by atoms with E-state index < -0.39 is 11.0 Å². The zero-order valence-corrected chi connectivity index (χ0v) is 8.32. The highest BCUT2D eigenvalue weighted by Gasteiger charge is 2.37. The molecule has 1 aromatic heterocycles. The Morgan fingerprint density at radius 3 is 3.00 bits per heavy atom. The minimum atomic E-state index is -2.03. The first-order valence-corrected chi connectivity index (χ1v) is 4.67. The van der Waals surface area contributed by atoms with Crippen molar-refractivity contribution in [2.45, 2.75) is 11.0 Å². The van der Waals surface area contributed by atoms with Crippen LogP contribution < -0.4 is 0 Å². The van der Waals surface area contributed by atoms with Gasteiger partial charge in [0.15, 0.2) is 6.29 Å². The molecule has 5 heteroatoms. The van der Waals surface area contributed by atoms with Crippen molar-refractivity contribution in [3.05, 3.63) is 41.8 Å². The molecule has 3 nitrogen and oxygen atoms in total. The third kappa shape index (κ3) is 1.85. The van der Waals surface area contributed by atoms with Gasteiger partial charge in [0, 0.05) is 6.07 Å². The topological polar surface area (TPSA) is 43.1 Å². The second kappa shape index (κ2) is 3.62. The predicted octanol–water partition coefficient (Wildman–Crippen LogP) is 2.60. The Hall–Kier alpha value is -1.42. The summed E-state index contributed by atoms with van der Waals surface area (Å²) in [5.41, 5.74) is 0.125. The highest BCUT2D eigenvalue weighted by atomic mass is 35.5. The summed E-state index contributed by atoms with van der Waals surface area (Å²) in [4.78, 5) is 10.4. The predicted molar refractivity (Wildman–Crippen MR) is 52.6 cm³/mol. The molecular weight excluding hydrogens is 221 g/mol. The van der Waals surface area contributed by atoms with E-state index in [1.807, 2.05) is 0 Å². The average Bonchev–Trinajstić information content (AvgIpc) is 2.65. The number of carbonyl (C=O) groups is 1. The SMILES string of the molecule is O=Cc1cc(C2C=CC=CC2(F)Cl)on1. The Labute approximate surface area is 90.2 Å². The standard InChI is InChI=1S/C10H7ClFNO2/c11-10(12)4-2-1-3-8(10)9-5-7(6-14)13-15-9/h1-6,8H. The molecule has 0 saturated carbocycles. The van der Waals surface area contributed by atoms with Gasteiger partial charge in [-0.2, -0.15) is 0 Å². The Morgan fingerprint density at radius 1 is 1.60 bits per heavy atom. The fourth-order valence-electron chi connectivity index (χ4n) is 1.38. The highest BCUT2D eigenvalue weighted by Crippen LogP contribution is 2.40. The van der Waals surface area contributed by atoms with E-state index in [9.17, 15) is 9.18 Å². The first kappa shape index (κ1) is 10.1. The monoisotopic (exact) mass is 227 g/mol. The van der Waals surface area contributed by atoms with Gasteiger partial charge in [0.05, 0.1) is 5.92 Å². The van der Waals surface area contributed by atoms with Gasteiger partial charge < -0.3 is 4.52 Å². The Morgan fingerprint density at radius 2 is 2.40 bits per heavy atom. The second-order valence-electron chi connectivity index (χ2n) is 3.17. The van der Waals surface area contributed by atoms with Crippen LogP contribution in [-0.4, -0.2) is 16.6 Å². The number of alkyl halides is 2. The van der Waals surface area contributed by atoms with Crippen LogP contribution in [0.1, 0.15) is 22.2 Å². The molecule has 0 fully saturated rings. The number of allylic oxidation sites excluding steroid dienone is 4. The lowest BCUT2D eigenvalue weighted by Crippen LogP contribution is -2.22. The lowest BCUT2D eigenvalue weighted by molar-refractivity contribution is 0.111. The van der Waals surface area contributed by atoms with E-state index in [4.69, 9.17) is 16.1 Å². The molecule has 0 aromatic carbocycles. The van der Waals surface area contributed by atoms with E-state index in [2.05, 4.69) is 5.16 Å². The number of aldehydes is 1. The van der Waals surface area contributed by atoms with Gasteiger partial charge in [-0.25, -0.2) is 4.39 Å². The van der Waals surface area contributed by atoms with Crippen molar-refractivity contribution in [2.75, 3.05) is 0 Å². The minimum Gasteiger partial charge on any atom is -0.360 e. The molecule has 0 bridgehead atoms. The number of hydrogen-bond acceptors (Lipinski definition) is 3. The maximum atomic E-state index is 13.8. The number of rotatable bonds is 2. The summed E-state index contributed by atoms with van der Waals surface area (Å²) in [5, 5.41) is 1.42. The largest absolute Gasteiger partial charge is 0.360 e. The van der Waals surface area contributed by atoms with Gasteiger partial charge in [0.1, 0.15) is 11.5 Å². The molecule has 1 aliphatic rings. The van der Waals surface area contributed by atoms with Gasteiger partial charge in [-0.3, -0.25) is 4.79 Å². The molecule has 15 heavy (non-hydrogen) atoms. The van der Waals surface area contributed by atoms with Crippen molar-refractivity contribution in [1.82, 2.24) is 5.16 Å². The second-order valence-corrected chi connectivity index (χ2v) is 3.75. The van der Waals surface area contributed by atoms with Crippen LogP contribution in [-0.2, 0) is 0 Å². The van der Waals surface area contributed by atoms with E-state index in [-0.39, 0.29) is 11.5 Å². The molecule has 0 saturated heterocycles. The minimum absolute atomic E-state index is 0.125. The Bertz CT molecular complexity index is 436. The summed E-state index contributed by atoms with van der Waals surface area (Å²) < 4.78 is 18.6. The first-order valence-electron chi connectivity index (χ1n) is 4.29. The molecule has 0 aliphatic heterocycles. The third-order valence-corrected chi connectivity index (χ3v) is 2.48. The fraction of sp³-hybridized carbons (Fsp3) is 0.200. The number of carbonyl (C=O) groups excluding carboxylic acids is 1. The number of hydrogen-bond donors (Lipinski definition) is 0. The van der Waals surface area contributed by atoms with E-state index in [1.54, 1.807) is 12.2 Å². The summed E-state index contributed by atoms with van der Waals surface area (Å²) >= 11 is 5.64. The molecule has 0 amide bonds. The molecule has 1 aliphatic carbocycles. The molecule has 0 radical (unpaired) electrons. The van der Waals surface area contributed by atoms with Crippen LogP contribution in [0.4, 0.5) is 4.39 Å². The maximum Gasteiger partial charge on any atom is 0.215 e. The van der Waals surface area contributed by atoms with Gasteiger partial charge in [-0.1, -0.05) is 35.0 Å². The Balaban J connectivity index is 2.34. The van der Waals surface area contributed by atoms with Crippen LogP contribution >= 0.6 is 11.6 Å². The van der Waals surface area contributed by atoms with E-state index in [0.717, 1.165) is 0 Å². The zero-order valence-electron chi connectivity index (χ0n) is 7.56. The summed E-state index contributed by atoms with van der Waals surface area (Å²) in [6.45, 7) is 0. The molecular formula is C10H7ClFNO2. The molecule has 0 spiro atoms. The third-order valence-electron chi connectivity index (χ3n) is 2.12. The lowest BCUT2D eigenvalue weighted by atomic mass is 9.95. The van der Waals surface area contributed by atoms with Crippen LogP contribution in [0.3, 0.4) is 0 Å². The van der Waals surface area contributed by atoms with Crippen molar-refractivity contribution in [3.63, 3.8) is 0 Å². The van der Waals surface area contributed by atoms with E-state index in [1.165, 1.54) is 18.2 Å². The smallest absolute Gasteiger partial charge is 0.215 e. The van der Waals surface area contributed by atoms with E-state index in [0.29, 0.717) is 6.29 Å². The van der Waals surface area contributed by atoms with Crippen LogP contribution in [0, 0.1) is 0 Å². The normalized spacial score (nSPS) is 29.3. The Kier molecular flexibility index (Phi) is 2.44. The molecule has 0 N–H and O–H groups in total. The fourth-order valence-corrected chi connectivity index (χ4v) is 1.63. The van der Waals surface area contributed by atoms with Gasteiger partial charge >= 0.3 is 0 Å². The molecule has 78 valence electrons. The summed E-state index contributed by atoms with van der Waals surface area (Å²) in [7, 11) is 0.